The molecule has 1 fully saturated rings. The van der Waals surface area contributed by atoms with Crippen molar-refractivity contribution in [2.75, 3.05) is 32.7 Å². The second-order valence-electron chi connectivity index (χ2n) is 8.08. The molecule has 1 aliphatic rings. The van der Waals surface area contributed by atoms with Crippen molar-refractivity contribution in [1.29, 1.82) is 0 Å². The van der Waals surface area contributed by atoms with E-state index in [-0.39, 0.29) is 19.0 Å². The highest BCUT2D eigenvalue weighted by Gasteiger charge is 2.46. The van der Waals surface area contributed by atoms with E-state index in [1.54, 1.807) is 33.4 Å². The molecule has 0 unspecified atom stereocenters. The van der Waals surface area contributed by atoms with Crippen LogP contribution in [0.15, 0.2) is 36.7 Å². The minimum Gasteiger partial charge on any atom is -0.493 e. The first kappa shape index (κ1) is 24.4. The third kappa shape index (κ3) is 5.58. The average molecular weight is 466 g/mol. The van der Waals surface area contributed by atoms with Gasteiger partial charge in [0, 0.05) is 23.5 Å². The lowest BCUT2D eigenvalue weighted by Gasteiger charge is -2.42. The molecule has 176 valence electrons. The number of rotatable bonds is 9. The molecule has 0 bridgehead atoms. The lowest BCUT2D eigenvalue weighted by molar-refractivity contribution is -0.298. The summed E-state index contributed by atoms with van der Waals surface area (Å²) in [7, 11) is -2.20. The van der Waals surface area contributed by atoms with Crippen LogP contribution >= 0.6 is 0 Å². The van der Waals surface area contributed by atoms with Gasteiger partial charge in [0.15, 0.2) is 22.9 Å². The molecular formula is C23H31NO7S. The first-order valence-corrected chi connectivity index (χ1v) is 12.2. The van der Waals surface area contributed by atoms with Gasteiger partial charge in [-0.05, 0) is 51.0 Å². The van der Waals surface area contributed by atoms with E-state index in [2.05, 4.69) is 4.98 Å². The van der Waals surface area contributed by atoms with Crippen molar-refractivity contribution in [3.8, 4) is 22.6 Å². The summed E-state index contributed by atoms with van der Waals surface area (Å²) >= 11 is 0. The van der Waals surface area contributed by atoms with E-state index in [1.165, 1.54) is 6.92 Å². The average Bonchev–Trinajstić information content (AvgIpc) is 2.79. The van der Waals surface area contributed by atoms with Crippen molar-refractivity contribution in [3.63, 3.8) is 0 Å². The number of aromatic nitrogens is 1. The van der Waals surface area contributed by atoms with Gasteiger partial charge in [-0.2, -0.15) is 8.42 Å². The Bertz CT molecular complexity index is 1030. The molecule has 32 heavy (non-hydrogen) atoms. The van der Waals surface area contributed by atoms with Gasteiger partial charge >= 0.3 is 0 Å². The fourth-order valence-electron chi connectivity index (χ4n) is 3.26. The van der Waals surface area contributed by atoms with Crippen LogP contribution in [0.4, 0.5) is 0 Å². The van der Waals surface area contributed by atoms with Gasteiger partial charge in [-0.25, -0.2) is 0 Å². The van der Waals surface area contributed by atoms with Gasteiger partial charge in [-0.1, -0.05) is 13.0 Å². The Morgan fingerprint density at radius 3 is 2.38 bits per heavy atom. The van der Waals surface area contributed by atoms with Gasteiger partial charge < -0.3 is 18.9 Å². The molecule has 2 heterocycles. The summed E-state index contributed by atoms with van der Waals surface area (Å²) in [6.45, 7) is 7.69. The maximum Gasteiger partial charge on any atom is 0.268 e. The van der Waals surface area contributed by atoms with Crippen molar-refractivity contribution in [2.45, 2.75) is 45.5 Å². The van der Waals surface area contributed by atoms with E-state index < -0.39 is 21.5 Å². The van der Waals surface area contributed by atoms with Gasteiger partial charge in [-0.3, -0.25) is 9.17 Å². The molecule has 0 spiro atoms. The van der Waals surface area contributed by atoms with Crippen molar-refractivity contribution >= 4 is 10.1 Å². The molecule has 9 heteroatoms. The molecule has 0 amide bonds. The highest BCUT2D eigenvalue weighted by atomic mass is 32.2. The minimum atomic E-state index is -3.79. The van der Waals surface area contributed by atoms with Gasteiger partial charge in [0.2, 0.25) is 0 Å². The number of pyridine rings is 1. The fraction of sp³-hybridized carbons (Fsp3) is 0.522. The highest BCUT2D eigenvalue weighted by Crippen LogP contribution is 2.38. The van der Waals surface area contributed by atoms with Crippen LogP contribution in [0.25, 0.3) is 11.1 Å². The molecule has 8 nitrogen and oxygen atoms in total. The van der Waals surface area contributed by atoms with Gasteiger partial charge in [0.1, 0.15) is 0 Å². The zero-order chi connectivity index (χ0) is 23.4. The standard InChI is InChI=1S/C23H31NO7S/c1-6-10-28-21-12-17(8-9-20(21)27-5)18-11-19(14-24-13-18)23(31-32(25,26)7-2)15-29-22(3,4)30-16-23/h8-9,11-14H,6-7,10,15-16H2,1-5H3. The Balaban J connectivity index is 2.02. The second-order valence-corrected chi connectivity index (χ2v) is 9.94. The van der Waals surface area contributed by atoms with Crippen LogP contribution in [0.5, 0.6) is 11.5 Å². The molecule has 1 aliphatic heterocycles. The maximum atomic E-state index is 12.4. The Labute approximate surface area is 189 Å². The predicted octanol–water partition coefficient (Wildman–Crippen LogP) is 3.89. The van der Waals surface area contributed by atoms with Crippen LogP contribution in [0.1, 0.15) is 39.7 Å². The quantitative estimate of drug-likeness (QED) is 0.515. The molecule has 1 aromatic heterocycles. The molecule has 0 N–H and O–H groups in total. The third-order valence-corrected chi connectivity index (χ3v) is 6.45. The fourth-order valence-corrected chi connectivity index (χ4v) is 4.05. The highest BCUT2D eigenvalue weighted by molar-refractivity contribution is 7.86. The predicted molar refractivity (Wildman–Crippen MR) is 120 cm³/mol. The molecule has 0 aliphatic carbocycles. The van der Waals surface area contributed by atoms with Crippen LogP contribution in [0.2, 0.25) is 0 Å². The van der Waals surface area contributed by atoms with Crippen molar-refractivity contribution in [2.24, 2.45) is 0 Å². The molecule has 1 aromatic carbocycles. The molecule has 0 radical (unpaired) electrons. The molecule has 3 rings (SSSR count). The van der Waals surface area contributed by atoms with E-state index in [1.807, 2.05) is 31.2 Å². The number of hydrogen-bond acceptors (Lipinski definition) is 8. The topological polar surface area (TPSA) is 93.2 Å². The summed E-state index contributed by atoms with van der Waals surface area (Å²) in [6.07, 6.45) is 4.15. The van der Waals surface area contributed by atoms with Crippen molar-refractivity contribution in [3.05, 3.63) is 42.2 Å². The number of ether oxygens (including phenoxy) is 4. The van der Waals surface area contributed by atoms with Crippen LogP contribution in [-0.4, -0.2) is 51.9 Å². The van der Waals surface area contributed by atoms with Crippen LogP contribution in [0, 0.1) is 0 Å². The summed E-state index contributed by atoms with van der Waals surface area (Å²) in [5.74, 6) is 0.261. The Hall–Kier alpha value is -2.20. The molecule has 2 aromatic rings. The second kappa shape index (κ2) is 9.74. The summed E-state index contributed by atoms with van der Waals surface area (Å²) in [6, 6.07) is 7.44. The molecule has 0 atom stereocenters. The van der Waals surface area contributed by atoms with Crippen LogP contribution in [0.3, 0.4) is 0 Å². The maximum absolute atomic E-state index is 12.4. The Morgan fingerprint density at radius 1 is 1.03 bits per heavy atom. The third-order valence-electron chi connectivity index (χ3n) is 5.17. The largest absolute Gasteiger partial charge is 0.493 e. The van der Waals surface area contributed by atoms with Crippen LogP contribution in [-0.2, 0) is 29.4 Å². The summed E-state index contributed by atoms with van der Waals surface area (Å²) in [5, 5.41) is 0. The summed E-state index contributed by atoms with van der Waals surface area (Å²) in [5.41, 5.74) is 0.835. The Kier molecular flexibility index (Phi) is 7.44. The first-order chi connectivity index (χ1) is 15.1. The summed E-state index contributed by atoms with van der Waals surface area (Å²) in [4.78, 5) is 4.35. The number of nitrogens with zero attached hydrogens (tertiary/aromatic N) is 1. The van der Waals surface area contributed by atoms with E-state index in [4.69, 9.17) is 23.1 Å². The first-order valence-electron chi connectivity index (χ1n) is 10.6. The van der Waals surface area contributed by atoms with Crippen molar-refractivity contribution < 1.29 is 31.5 Å². The van der Waals surface area contributed by atoms with Crippen LogP contribution < -0.4 is 9.47 Å². The van der Waals surface area contributed by atoms with E-state index in [0.717, 1.165) is 17.5 Å². The van der Waals surface area contributed by atoms with Gasteiger partial charge in [-0.15, -0.1) is 0 Å². The monoisotopic (exact) mass is 465 g/mol. The van der Waals surface area contributed by atoms with E-state index in [0.29, 0.717) is 23.7 Å². The SMILES string of the molecule is CCCOc1cc(-c2cncc(C3(OS(=O)(=O)CC)COC(C)(C)OC3)c2)ccc1OC. The smallest absolute Gasteiger partial charge is 0.268 e. The number of benzene rings is 1. The van der Waals surface area contributed by atoms with E-state index in [9.17, 15) is 8.42 Å². The zero-order valence-electron chi connectivity index (χ0n) is 19.2. The zero-order valence-corrected chi connectivity index (χ0v) is 20.0. The Morgan fingerprint density at radius 2 is 1.75 bits per heavy atom. The summed E-state index contributed by atoms with van der Waals surface area (Å²) < 4.78 is 53.2. The van der Waals surface area contributed by atoms with Gasteiger partial charge in [0.05, 0.1) is 32.7 Å². The number of hydrogen-bond donors (Lipinski definition) is 0. The van der Waals surface area contributed by atoms with Gasteiger partial charge in [0.25, 0.3) is 10.1 Å². The lowest BCUT2D eigenvalue weighted by atomic mass is 9.93. The van der Waals surface area contributed by atoms with E-state index >= 15 is 0 Å². The molecule has 1 saturated heterocycles. The van der Waals surface area contributed by atoms with Crippen molar-refractivity contribution in [1.82, 2.24) is 4.98 Å². The lowest BCUT2D eigenvalue weighted by Crippen LogP contribution is -2.51. The minimum absolute atomic E-state index is 0.0117. The normalized spacial score (nSPS) is 17.7. The molecular weight excluding hydrogens is 434 g/mol. The molecule has 0 saturated carbocycles. The number of methoxy groups -OCH3 is 1.